The van der Waals surface area contributed by atoms with Crippen molar-refractivity contribution in [1.29, 1.82) is 0 Å². The molecule has 0 saturated carbocycles. The second-order valence-corrected chi connectivity index (χ2v) is 7.27. The fraction of sp³-hybridized carbons (Fsp3) is 0.611. The lowest BCUT2D eigenvalue weighted by molar-refractivity contribution is -0.327. The predicted octanol–water partition coefficient (Wildman–Crippen LogP) is -3.37. The average Bonchev–Trinajstić information content (AvgIpc) is 3.18. The molecule has 1 aliphatic heterocycles. The zero-order chi connectivity index (χ0) is 22.9. The summed E-state index contributed by atoms with van der Waals surface area (Å²) in [7, 11) is 0. The summed E-state index contributed by atoms with van der Waals surface area (Å²) in [6.07, 6.45) is -15.7. The van der Waals surface area contributed by atoms with E-state index in [9.17, 15) is 45.2 Å². The van der Waals surface area contributed by atoms with E-state index >= 15 is 0 Å². The quantitative estimate of drug-likeness (QED) is 0.195. The molecule has 0 amide bonds. The van der Waals surface area contributed by atoms with E-state index in [-0.39, 0.29) is 16.9 Å². The van der Waals surface area contributed by atoms with Gasteiger partial charge in [-0.25, -0.2) is 9.37 Å². The van der Waals surface area contributed by atoms with E-state index in [1.807, 2.05) is 0 Å². The molecule has 12 nitrogen and oxygen atoms in total. The van der Waals surface area contributed by atoms with Crippen molar-refractivity contribution in [3.8, 4) is 0 Å². The highest BCUT2D eigenvalue weighted by atomic mass is 19.1. The van der Waals surface area contributed by atoms with Crippen molar-refractivity contribution >= 4 is 11.0 Å². The Morgan fingerprint density at radius 3 is 2.45 bits per heavy atom. The number of benzene rings is 1. The first-order valence-electron chi connectivity index (χ1n) is 9.44. The molecule has 1 aromatic carbocycles. The highest BCUT2D eigenvalue weighted by Gasteiger charge is 2.47. The second-order valence-electron chi connectivity index (χ2n) is 7.27. The number of nitrogens with zero attached hydrogens (tertiary/aromatic N) is 1. The highest BCUT2D eigenvalue weighted by Crippen LogP contribution is 2.28. The Morgan fingerprint density at radius 1 is 1.10 bits per heavy atom. The van der Waals surface area contributed by atoms with Gasteiger partial charge in [-0.1, -0.05) is 0 Å². The van der Waals surface area contributed by atoms with Gasteiger partial charge in [0.1, 0.15) is 60.5 Å². The zero-order valence-electron chi connectivity index (χ0n) is 16.1. The number of H-pyrrole nitrogens is 1. The van der Waals surface area contributed by atoms with Gasteiger partial charge in [-0.2, -0.15) is 0 Å². The molecule has 0 aliphatic carbocycles. The predicted molar refractivity (Wildman–Crippen MR) is 98.8 cm³/mol. The van der Waals surface area contributed by atoms with Crippen molar-refractivity contribution in [3.05, 3.63) is 29.8 Å². The fourth-order valence-corrected chi connectivity index (χ4v) is 3.32. The molecule has 2 heterocycles. The molecule has 1 saturated heterocycles. The van der Waals surface area contributed by atoms with Gasteiger partial charge in [0.05, 0.1) is 24.2 Å². The molecule has 0 bridgehead atoms. The van der Waals surface area contributed by atoms with Crippen LogP contribution in [0.15, 0.2) is 18.2 Å². The number of aromatic nitrogens is 2. The Hall–Kier alpha value is -1.78. The number of ether oxygens (including phenoxy) is 2. The lowest BCUT2D eigenvalue weighted by atomic mass is 9.98. The van der Waals surface area contributed by atoms with Gasteiger partial charge in [0.15, 0.2) is 6.29 Å². The molecule has 3 rings (SSSR count). The largest absolute Gasteiger partial charge is 0.394 e. The molecular weight excluding hydrogens is 423 g/mol. The lowest BCUT2D eigenvalue weighted by Crippen LogP contribution is -2.61. The summed E-state index contributed by atoms with van der Waals surface area (Å²) in [5, 5.41) is 79.6. The summed E-state index contributed by atoms with van der Waals surface area (Å²) in [5.74, 6) is -0.752. The third kappa shape index (κ3) is 4.85. The Labute approximate surface area is 174 Å². The van der Waals surface area contributed by atoms with Crippen LogP contribution in [0.25, 0.3) is 11.0 Å². The van der Waals surface area contributed by atoms with Crippen LogP contribution in [0, 0.1) is 5.82 Å². The zero-order valence-corrected chi connectivity index (χ0v) is 16.1. The fourth-order valence-electron chi connectivity index (χ4n) is 3.32. The Morgan fingerprint density at radius 2 is 1.81 bits per heavy atom. The van der Waals surface area contributed by atoms with E-state index in [1.54, 1.807) is 0 Å². The summed E-state index contributed by atoms with van der Waals surface area (Å²) in [6.45, 7) is -1.66. The van der Waals surface area contributed by atoms with Crippen LogP contribution in [-0.2, 0) is 9.47 Å². The Balaban J connectivity index is 1.82. The summed E-state index contributed by atoms with van der Waals surface area (Å²) < 4.78 is 23.9. The summed E-state index contributed by atoms with van der Waals surface area (Å²) in [5.41, 5.74) is 0.520. The van der Waals surface area contributed by atoms with Crippen LogP contribution < -0.4 is 0 Å². The molecule has 1 aliphatic rings. The molecule has 174 valence electrons. The molecule has 6 unspecified atom stereocenters. The first kappa shape index (κ1) is 23.9. The summed E-state index contributed by atoms with van der Waals surface area (Å²) >= 11 is 0. The van der Waals surface area contributed by atoms with Crippen LogP contribution in [0.4, 0.5) is 4.39 Å². The first-order chi connectivity index (χ1) is 14.7. The van der Waals surface area contributed by atoms with Gasteiger partial charge in [0.2, 0.25) is 0 Å². The van der Waals surface area contributed by atoms with E-state index in [0.717, 1.165) is 12.1 Å². The van der Waals surface area contributed by atoms with Crippen LogP contribution in [-0.4, -0.2) is 113 Å². The number of hydrogen-bond donors (Lipinski definition) is 9. The van der Waals surface area contributed by atoms with Crippen LogP contribution in [0.2, 0.25) is 0 Å². The smallest absolute Gasteiger partial charge is 0.187 e. The summed E-state index contributed by atoms with van der Waals surface area (Å²) in [6, 6.07) is 3.61. The Kier molecular flexibility index (Phi) is 7.54. The molecule has 2 aromatic rings. The van der Waals surface area contributed by atoms with Gasteiger partial charge < -0.3 is 55.3 Å². The number of halogens is 1. The average molecular weight is 448 g/mol. The van der Waals surface area contributed by atoms with Gasteiger partial charge >= 0.3 is 0 Å². The number of aromatic amines is 1. The minimum atomic E-state index is -1.94. The van der Waals surface area contributed by atoms with Gasteiger partial charge in [-0.3, -0.25) is 0 Å². The van der Waals surface area contributed by atoms with Crippen LogP contribution in [0.3, 0.4) is 0 Å². The van der Waals surface area contributed by atoms with Gasteiger partial charge in [0, 0.05) is 0 Å². The van der Waals surface area contributed by atoms with E-state index in [4.69, 9.17) is 9.47 Å². The molecular formula is C18H25FN2O10. The van der Waals surface area contributed by atoms with Crippen molar-refractivity contribution in [3.63, 3.8) is 0 Å². The number of aliphatic hydroxyl groups is 8. The van der Waals surface area contributed by atoms with Gasteiger partial charge in [-0.05, 0) is 18.2 Å². The van der Waals surface area contributed by atoms with E-state index in [1.165, 1.54) is 6.07 Å². The third-order valence-electron chi connectivity index (χ3n) is 5.11. The molecule has 1 fully saturated rings. The van der Waals surface area contributed by atoms with Crippen LogP contribution >= 0.6 is 0 Å². The molecule has 31 heavy (non-hydrogen) atoms. The van der Waals surface area contributed by atoms with Crippen molar-refractivity contribution in [1.82, 2.24) is 9.97 Å². The number of rotatable bonds is 8. The van der Waals surface area contributed by atoms with Gasteiger partial charge in [-0.15, -0.1) is 0 Å². The maximum Gasteiger partial charge on any atom is 0.187 e. The van der Waals surface area contributed by atoms with E-state index in [0.29, 0.717) is 0 Å². The topological polar surface area (TPSA) is 209 Å². The molecule has 1 aromatic heterocycles. The number of fused-ring (bicyclic) bond motifs is 1. The minimum Gasteiger partial charge on any atom is -0.394 e. The number of aliphatic hydroxyl groups excluding tert-OH is 8. The molecule has 13 heteroatoms. The molecule has 9 atom stereocenters. The normalized spacial score (nSPS) is 30.8. The van der Waals surface area contributed by atoms with Gasteiger partial charge in [0.25, 0.3) is 0 Å². The van der Waals surface area contributed by atoms with Crippen LogP contribution in [0.1, 0.15) is 11.9 Å². The van der Waals surface area contributed by atoms with E-state index < -0.39 is 74.2 Å². The lowest BCUT2D eigenvalue weighted by Gasteiger charge is -2.42. The highest BCUT2D eigenvalue weighted by molar-refractivity contribution is 5.75. The number of hydrogen-bond acceptors (Lipinski definition) is 11. The Bertz CT molecular complexity index is 867. The second kappa shape index (κ2) is 9.79. The minimum absolute atomic E-state index is 0.194. The monoisotopic (exact) mass is 448 g/mol. The maximum atomic E-state index is 13.4. The molecule has 9 N–H and O–H groups in total. The van der Waals surface area contributed by atoms with Crippen molar-refractivity contribution < 1.29 is 54.7 Å². The standard InChI is InChI=1S/C18H25FN2O10/c19-6-1-2-7-8(3-6)21-17(20-7)14(28)13(27)16(9(24)4-22)31-18-15(29)12(26)11(25)10(5-23)30-18/h1-3,9-16,18,22-29H,4-5H2,(H,20,21)/t9?,10?,11-,12?,13?,14?,15?,16-,18-/m1/s1. The maximum absolute atomic E-state index is 13.4. The van der Waals surface area contributed by atoms with Crippen molar-refractivity contribution in [2.45, 2.75) is 55.1 Å². The van der Waals surface area contributed by atoms with Crippen molar-refractivity contribution in [2.24, 2.45) is 0 Å². The summed E-state index contributed by atoms with van der Waals surface area (Å²) in [4.78, 5) is 6.66. The first-order valence-corrected chi connectivity index (χ1v) is 9.44. The molecule has 0 spiro atoms. The number of imidazole rings is 1. The number of nitrogens with one attached hydrogen (secondary N) is 1. The molecule has 0 radical (unpaired) electrons. The van der Waals surface area contributed by atoms with Crippen LogP contribution in [0.5, 0.6) is 0 Å². The van der Waals surface area contributed by atoms with Crippen molar-refractivity contribution in [2.75, 3.05) is 13.2 Å². The van der Waals surface area contributed by atoms with E-state index in [2.05, 4.69) is 9.97 Å². The SMILES string of the molecule is OCC1O[C@H](O[C@H](C(O)CO)C(O)C(O)c2nc3ccc(F)cc3[nH]2)C(O)C(O)[C@@H]1O. The third-order valence-corrected chi connectivity index (χ3v) is 5.11.